The highest BCUT2D eigenvalue weighted by atomic mass is 127. The second-order valence-electron chi connectivity index (χ2n) is 6.16. The molecule has 124 valence electrons. The number of aliphatic imine (C=N–C) groups is 1. The molecule has 1 atom stereocenters. The van der Waals surface area contributed by atoms with E-state index in [9.17, 15) is 0 Å². The van der Waals surface area contributed by atoms with Crippen LogP contribution in [0.15, 0.2) is 17.1 Å². The molecule has 0 bridgehead atoms. The molecule has 2 saturated heterocycles. The molecule has 0 amide bonds. The van der Waals surface area contributed by atoms with E-state index in [0.717, 1.165) is 45.4 Å². The second kappa shape index (κ2) is 7.97. The third-order valence-corrected chi connectivity index (χ3v) is 5.42. The number of nitrogens with one attached hydrogen (secondary N) is 1. The van der Waals surface area contributed by atoms with Gasteiger partial charge < -0.3 is 15.0 Å². The molecule has 1 spiro atoms. The van der Waals surface area contributed by atoms with Crippen molar-refractivity contribution in [2.24, 2.45) is 10.4 Å². The van der Waals surface area contributed by atoms with Crippen molar-refractivity contribution in [3.8, 4) is 0 Å². The average molecular weight is 435 g/mol. The Hall–Kier alpha value is -0.340. The molecule has 1 aromatic heterocycles. The fourth-order valence-corrected chi connectivity index (χ4v) is 4.05. The number of rotatable bonds is 3. The Morgan fingerprint density at radius 1 is 1.45 bits per heavy atom. The summed E-state index contributed by atoms with van der Waals surface area (Å²) in [5.41, 5.74) is 0.385. The van der Waals surface area contributed by atoms with Gasteiger partial charge in [-0.25, -0.2) is 4.99 Å². The van der Waals surface area contributed by atoms with Crippen LogP contribution in [0.5, 0.6) is 0 Å². The van der Waals surface area contributed by atoms with E-state index in [1.165, 1.54) is 22.6 Å². The summed E-state index contributed by atoms with van der Waals surface area (Å²) in [6.45, 7) is 10.0. The van der Waals surface area contributed by atoms with Gasteiger partial charge in [0.2, 0.25) is 0 Å². The van der Waals surface area contributed by atoms with Crippen LogP contribution in [-0.2, 0) is 11.3 Å². The summed E-state index contributed by atoms with van der Waals surface area (Å²) in [4.78, 5) is 9.94. The van der Waals surface area contributed by atoms with E-state index < -0.39 is 0 Å². The smallest absolute Gasteiger partial charge is 0.194 e. The Morgan fingerprint density at radius 2 is 2.32 bits per heavy atom. The summed E-state index contributed by atoms with van der Waals surface area (Å²) in [6.07, 6.45) is 2.43. The summed E-state index contributed by atoms with van der Waals surface area (Å²) < 4.78 is 5.62. The average Bonchev–Trinajstić information content (AvgIpc) is 3.19. The van der Waals surface area contributed by atoms with Crippen LogP contribution in [0.2, 0.25) is 0 Å². The van der Waals surface area contributed by atoms with Gasteiger partial charge >= 0.3 is 0 Å². The molecule has 0 aliphatic carbocycles. The van der Waals surface area contributed by atoms with Gasteiger partial charge in [-0.3, -0.25) is 0 Å². The third-order valence-electron chi connectivity index (χ3n) is 4.44. The lowest BCUT2D eigenvalue weighted by Crippen LogP contribution is -2.41. The van der Waals surface area contributed by atoms with Gasteiger partial charge in [0.1, 0.15) is 0 Å². The highest BCUT2D eigenvalue weighted by Crippen LogP contribution is 2.38. The van der Waals surface area contributed by atoms with E-state index in [-0.39, 0.29) is 24.0 Å². The number of hydrogen-bond donors (Lipinski definition) is 1. The number of thiophene rings is 1. The number of ether oxygens (including phenoxy) is 1. The van der Waals surface area contributed by atoms with Gasteiger partial charge in [-0.2, -0.15) is 0 Å². The molecule has 0 radical (unpaired) electrons. The topological polar surface area (TPSA) is 36.9 Å². The van der Waals surface area contributed by atoms with Crippen molar-refractivity contribution >= 4 is 41.3 Å². The SMILES string of the molecule is CCNC(=NCc1ccc(C)s1)N1CCC2(CCOC2)C1.I. The van der Waals surface area contributed by atoms with Gasteiger partial charge in [0.05, 0.1) is 13.2 Å². The predicted molar refractivity (Wildman–Crippen MR) is 103 cm³/mol. The Kier molecular flexibility index (Phi) is 6.52. The number of nitrogens with zero attached hydrogens (tertiary/aromatic N) is 2. The number of guanidine groups is 1. The minimum Gasteiger partial charge on any atom is -0.381 e. The molecule has 0 aromatic carbocycles. The van der Waals surface area contributed by atoms with Gasteiger partial charge in [0.25, 0.3) is 0 Å². The molecule has 3 rings (SSSR count). The number of halogens is 1. The zero-order valence-electron chi connectivity index (χ0n) is 13.4. The maximum Gasteiger partial charge on any atom is 0.194 e. The van der Waals surface area contributed by atoms with Crippen LogP contribution in [0.1, 0.15) is 29.5 Å². The van der Waals surface area contributed by atoms with Crippen LogP contribution < -0.4 is 5.32 Å². The molecule has 2 aliphatic rings. The zero-order valence-corrected chi connectivity index (χ0v) is 16.6. The highest BCUT2D eigenvalue weighted by Gasteiger charge is 2.42. The quantitative estimate of drug-likeness (QED) is 0.450. The first-order valence-electron chi connectivity index (χ1n) is 7.87. The minimum atomic E-state index is 0. The zero-order chi connectivity index (χ0) is 14.7. The van der Waals surface area contributed by atoms with Crippen molar-refractivity contribution < 1.29 is 4.74 Å². The third kappa shape index (κ3) is 4.14. The lowest BCUT2D eigenvalue weighted by molar-refractivity contribution is 0.156. The van der Waals surface area contributed by atoms with Crippen LogP contribution in [0.25, 0.3) is 0 Å². The second-order valence-corrected chi connectivity index (χ2v) is 7.53. The normalized spacial score (nSPS) is 24.8. The standard InChI is InChI=1S/C16H25N3OS.HI/c1-3-17-15(18-10-14-5-4-13(2)21-14)19-8-6-16(11-19)7-9-20-12-16;/h4-5H,3,6-12H2,1-2H3,(H,17,18);1H. The Labute approximate surface area is 154 Å². The first kappa shape index (κ1) is 18.0. The van der Waals surface area contributed by atoms with Gasteiger partial charge in [-0.05, 0) is 38.8 Å². The first-order valence-corrected chi connectivity index (χ1v) is 8.69. The van der Waals surface area contributed by atoms with Crippen LogP contribution in [0, 0.1) is 12.3 Å². The van der Waals surface area contributed by atoms with Crippen LogP contribution in [0.3, 0.4) is 0 Å². The van der Waals surface area contributed by atoms with E-state index in [1.807, 2.05) is 11.3 Å². The first-order chi connectivity index (χ1) is 10.2. The molecule has 3 heterocycles. The molecule has 22 heavy (non-hydrogen) atoms. The largest absolute Gasteiger partial charge is 0.381 e. The van der Waals surface area contributed by atoms with E-state index in [2.05, 4.69) is 36.2 Å². The fourth-order valence-electron chi connectivity index (χ4n) is 3.24. The Bertz CT molecular complexity index is 511. The molecule has 1 N–H and O–H groups in total. The molecule has 2 aliphatic heterocycles. The maximum absolute atomic E-state index is 5.62. The monoisotopic (exact) mass is 435 g/mol. The molecule has 2 fully saturated rings. The summed E-state index contributed by atoms with van der Waals surface area (Å²) in [7, 11) is 0. The van der Waals surface area contributed by atoms with E-state index in [1.54, 1.807) is 0 Å². The van der Waals surface area contributed by atoms with E-state index >= 15 is 0 Å². The van der Waals surface area contributed by atoms with Crippen LogP contribution in [0.4, 0.5) is 0 Å². The van der Waals surface area contributed by atoms with Crippen molar-refractivity contribution in [1.29, 1.82) is 0 Å². The Morgan fingerprint density at radius 3 is 2.95 bits per heavy atom. The van der Waals surface area contributed by atoms with Crippen molar-refractivity contribution in [2.45, 2.75) is 33.2 Å². The molecule has 1 aromatic rings. The fraction of sp³-hybridized carbons (Fsp3) is 0.688. The van der Waals surface area contributed by atoms with Gasteiger partial charge in [-0.1, -0.05) is 0 Å². The Balaban J connectivity index is 0.00000176. The lowest BCUT2D eigenvalue weighted by atomic mass is 9.87. The lowest BCUT2D eigenvalue weighted by Gasteiger charge is -2.24. The van der Waals surface area contributed by atoms with Gasteiger partial charge in [0, 0.05) is 41.4 Å². The van der Waals surface area contributed by atoms with Gasteiger partial charge in [-0.15, -0.1) is 35.3 Å². The van der Waals surface area contributed by atoms with Gasteiger partial charge in [0.15, 0.2) is 5.96 Å². The summed E-state index contributed by atoms with van der Waals surface area (Å²) in [6, 6.07) is 4.35. The predicted octanol–water partition coefficient (Wildman–Crippen LogP) is 3.25. The molecule has 1 unspecified atom stereocenters. The number of aryl methyl sites for hydroxylation is 1. The summed E-state index contributed by atoms with van der Waals surface area (Å²) in [5.74, 6) is 1.06. The highest BCUT2D eigenvalue weighted by molar-refractivity contribution is 14.0. The molecule has 6 heteroatoms. The number of hydrogen-bond acceptors (Lipinski definition) is 3. The molecular formula is C16H26IN3OS. The van der Waals surface area contributed by atoms with Crippen molar-refractivity contribution in [1.82, 2.24) is 10.2 Å². The summed E-state index contributed by atoms with van der Waals surface area (Å²) in [5, 5.41) is 3.45. The van der Waals surface area contributed by atoms with E-state index in [4.69, 9.17) is 9.73 Å². The molecule has 0 saturated carbocycles. The molecule has 4 nitrogen and oxygen atoms in total. The molecular weight excluding hydrogens is 409 g/mol. The van der Waals surface area contributed by atoms with Crippen molar-refractivity contribution in [3.05, 3.63) is 21.9 Å². The summed E-state index contributed by atoms with van der Waals surface area (Å²) >= 11 is 1.84. The maximum atomic E-state index is 5.62. The minimum absolute atomic E-state index is 0. The van der Waals surface area contributed by atoms with Crippen LogP contribution >= 0.6 is 35.3 Å². The van der Waals surface area contributed by atoms with Crippen molar-refractivity contribution in [3.63, 3.8) is 0 Å². The van der Waals surface area contributed by atoms with E-state index in [0.29, 0.717) is 5.41 Å². The van der Waals surface area contributed by atoms with Crippen molar-refractivity contribution in [2.75, 3.05) is 32.8 Å². The number of likely N-dealkylation sites (tertiary alicyclic amines) is 1. The van der Waals surface area contributed by atoms with Crippen LogP contribution in [-0.4, -0.2) is 43.7 Å².